The third-order valence-corrected chi connectivity index (χ3v) is 1.57. The lowest BCUT2D eigenvalue weighted by Crippen LogP contribution is -2.09. The summed E-state index contributed by atoms with van der Waals surface area (Å²) in [5, 5.41) is 8.91. The summed E-state index contributed by atoms with van der Waals surface area (Å²) in [6, 6.07) is 0. The van der Waals surface area contributed by atoms with E-state index in [9.17, 15) is 0 Å². The molecule has 1 fully saturated rings. The number of aliphatic hydroxyl groups is 1. The van der Waals surface area contributed by atoms with Crippen LogP contribution in [-0.4, -0.2) is 39.5 Å². The molecule has 10 heavy (non-hydrogen) atoms. The second-order valence-corrected chi connectivity index (χ2v) is 2.29. The van der Waals surface area contributed by atoms with Crippen LogP contribution in [0.5, 0.6) is 0 Å². The molecular formula is C6H16AlO3. The fourth-order valence-corrected chi connectivity index (χ4v) is 1.08. The molecule has 1 saturated carbocycles. The molecule has 1 aliphatic rings. The third-order valence-electron chi connectivity index (χ3n) is 1.57. The van der Waals surface area contributed by atoms with Crippen LogP contribution in [0.25, 0.3) is 0 Å². The van der Waals surface area contributed by atoms with E-state index in [2.05, 4.69) is 0 Å². The summed E-state index contributed by atoms with van der Waals surface area (Å²) in [7, 11) is 0. The minimum absolute atomic E-state index is 0. The van der Waals surface area contributed by atoms with Crippen LogP contribution in [0.15, 0.2) is 0 Å². The first-order chi connectivity index (χ1) is 3.39. The lowest BCUT2D eigenvalue weighted by Gasteiger charge is -2.14. The topological polar surface area (TPSA) is 83.2 Å². The quantitative estimate of drug-likeness (QED) is 0.470. The lowest BCUT2D eigenvalue weighted by molar-refractivity contribution is 0.130. The van der Waals surface area contributed by atoms with Crippen LogP contribution in [-0.2, 0) is 0 Å². The summed E-state index contributed by atoms with van der Waals surface area (Å²) < 4.78 is 0. The van der Waals surface area contributed by atoms with Crippen molar-refractivity contribution in [3.8, 4) is 0 Å². The number of aliphatic hydroxyl groups excluding tert-OH is 1. The van der Waals surface area contributed by atoms with E-state index < -0.39 is 0 Å². The van der Waals surface area contributed by atoms with Gasteiger partial charge in [0.25, 0.3) is 0 Å². The van der Waals surface area contributed by atoms with Gasteiger partial charge < -0.3 is 16.1 Å². The fourth-order valence-electron chi connectivity index (χ4n) is 1.08. The molecule has 0 amide bonds. The molecule has 0 aromatic rings. The first-order valence-corrected chi connectivity index (χ1v) is 3.07. The van der Waals surface area contributed by atoms with Gasteiger partial charge in [0, 0.05) is 17.4 Å². The first-order valence-electron chi connectivity index (χ1n) is 3.07. The smallest absolute Gasteiger partial charge is 0.0540 e. The van der Waals surface area contributed by atoms with Crippen LogP contribution in [0.4, 0.5) is 0 Å². The van der Waals surface area contributed by atoms with Crippen LogP contribution in [0.3, 0.4) is 0 Å². The molecule has 3 nitrogen and oxygen atoms in total. The van der Waals surface area contributed by atoms with Gasteiger partial charge in [-0.2, -0.15) is 0 Å². The Morgan fingerprint density at radius 1 is 0.900 bits per heavy atom. The molecule has 0 bridgehead atoms. The van der Waals surface area contributed by atoms with Crippen molar-refractivity contribution in [3.63, 3.8) is 0 Å². The summed E-state index contributed by atoms with van der Waals surface area (Å²) >= 11 is 0. The standard InChI is InChI=1S/C6H12O.Al.2H2O/c7-6-4-2-1-3-5-6;;;/h6-7H,1-5H2;;2*1H2. The highest BCUT2D eigenvalue weighted by Crippen LogP contribution is 2.16. The fraction of sp³-hybridized carbons (Fsp3) is 1.00. The molecule has 61 valence electrons. The second kappa shape index (κ2) is 9.41. The molecule has 5 N–H and O–H groups in total. The maximum atomic E-state index is 8.91. The molecule has 0 aliphatic heterocycles. The number of hydrogen-bond acceptors (Lipinski definition) is 1. The Hall–Kier alpha value is 0.412. The molecule has 1 rings (SSSR count). The van der Waals surface area contributed by atoms with E-state index in [1.165, 1.54) is 19.3 Å². The molecule has 0 aromatic carbocycles. The molecule has 0 spiro atoms. The highest BCUT2D eigenvalue weighted by molar-refractivity contribution is 5.75. The van der Waals surface area contributed by atoms with Crippen molar-refractivity contribution in [3.05, 3.63) is 0 Å². The third kappa shape index (κ3) is 6.53. The highest BCUT2D eigenvalue weighted by atomic mass is 27.0. The first kappa shape index (κ1) is 16.8. The average molecular weight is 163 g/mol. The zero-order valence-corrected chi connectivity index (χ0v) is 7.29. The van der Waals surface area contributed by atoms with Gasteiger partial charge in [-0.15, -0.1) is 0 Å². The van der Waals surface area contributed by atoms with E-state index in [0.29, 0.717) is 0 Å². The Labute approximate surface area is 72.2 Å². The van der Waals surface area contributed by atoms with Crippen LogP contribution in [0.2, 0.25) is 0 Å². The molecule has 0 aromatic heterocycles. The van der Waals surface area contributed by atoms with E-state index in [4.69, 9.17) is 5.11 Å². The van der Waals surface area contributed by atoms with Crippen LogP contribution < -0.4 is 0 Å². The molecule has 0 heterocycles. The number of hydrogen-bond donors (Lipinski definition) is 1. The van der Waals surface area contributed by atoms with E-state index in [1.54, 1.807) is 0 Å². The van der Waals surface area contributed by atoms with Crippen molar-refractivity contribution in [2.75, 3.05) is 0 Å². The number of rotatable bonds is 0. The lowest BCUT2D eigenvalue weighted by atomic mass is 9.98. The van der Waals surface area contributed by atoms with Crippen LogP contribution in [0.1, 0.15) is 32.1 Å². The van der Waals surface area contributed by atoms with Crippen molar-refractivity contribution in [2.45, 2.75) is 38.2 Å². The van der Waals surface area contributed by atoms with E-state index >= 15 is 0 Å². The van der Waals surface area contributed by atoms with Crippen LogP contribution >= 0.6 is 0 Å². The molecule has 0 unspecified atom stereocenters. The maximum Gasteiger partial charge on any atom is 0.0540 e. The summed E-state index contributed by atoms with van der Waals surface area (Å²) in [4.78, 5) is 0. The SMILES string of the molecule is O.O.OC1CCCCC1.[Al]. The van der Waals surface area contributed by atoms with Gasteiger partial charge in [0.1, 0.15) is 0 Å². The van der Waals surface area contributed by atoms with Crippen molar-refractivity contribution < 1.29 is 16.1 Å². The van der Waals surface area contributed by atoms with Crippen molar-refractivity contribution in [1.82, 2.24) is 0 Å². The normalized spacial score (nSPS) is 17.7. The molecule has 1 aliphatic carbocycles. The van der Waals surface area contributed by atoms with Gasteiger partial charge in [-0.05, 0) is 12.8 Å². The zero-order valence-electron chi connectivity index (χ0n) is 6.14. The Morgan fingerprint density at radius 2 is 1.30 bits per heavy atom. The predicted molar refractivity (Wildman–Crippen MR) is 42.1 cm³/mol. The van der Waals surface area contributed by atoms with Crippen molar-refractivity contribution in [1.29, 1.82) is 0 Å². The Morgan fingerprint density at radius 3 is 1.50 bits per heavy atom. The maximum absolute atomic E-state index is 8.91. The summed E-state index contributed by atoms with van der Waals surface area (Å²) in [5.41, 5.74) is 0. The summed E-state index contributed by atoms with van der Waals surface area (Å²) in [5.74, 6) is 0. The molecule has 3 radical (unpaired) electrons. The second-order valence-electron chi connectivity index (χ2n) is 2.29. The summed E-state index contributed by atoms with van der Waals surface area (Å²) in [6.45, 7) is 0. The van der Waals surface area contributed by atoms with E-state index in [1.807, 2.05) is 0 Å². The molecular weight excluding hydrogens is 147 g/mol. The monoisotopic (exact) mass is 163 g/mol. The predicted octanol–water partition coefficient (Wildman–Crippen LogP) is -0.719. The zero-order chi connectivity index (χ0) is 5.11. The Balaban J connectivity index is -0.000000163. The van der Waals surface area contributed by atoms with E-state index in [0.717, 1.165) is 12.8 Å². The molecule has 0 atom stereocenters. The van der Waals surface area contributed by atoms with Gasteiger partial charge in [0.2, 0.25) is 0 Å². The van der Waals surface area contributed by atoms with Gasteiger partial charge in [-0.25, -0.2) is 0 Å². The highest BCUT2D eigenvalue weighted by Gasteiger charge is 2.07. The Kier molecular flexibility index (Phi) is 15.8. The van der Waals surface area contributed by atoms with Gasteiger partial charge in [0.15, 0.2) is 0 Å². The van der Waals surface area contributed by atoms with Gasteiger partial charge in [-0.3, -0.25) is 0 Å². The molecule has 4 heteroatoms. The van der Waals surface area contributed by atoms with Gasteiger partial charge >= 0.3 is 0 Å². The minimum atomic E-state index is 0. The van der Waals surface area contributed by atoms with Gasteiger partial charge in [-0.1, -0.05) is 19.3 Å². The van der Waals surface area contributed by atoms with Gasteiger partial charge in [0.05, 0.1) is 6.10 Å². The Bertz CT molecular complexity index is 55.0. The molecule has 0 saturated heterocycles. The average Bonchev–Trinajstić information content (AvgIpc) is 1.69. The minimum Gasteiger partial charge on any atom is -0.412 e. The van der Waals surface area contributed by atoms with E-state index in [-0.39, 0.29) is 34.4 Å². The van der Waals surface area contributed by atoms with Crippen LogP contribution in [0, 0.1) is 0 Å². The summed E-state index contributed by atoms with van der Waals surface area (Å²) in [6.07, 6.45) is 5.92. The van der Waals surface area contributed by atoms with Crippen molar-refractivity contribution >= 4 is 17.4 Å². The largest absolute Gasteiger partial charge is 0.412 e. The van der Waals surface area contributed by atoms with Crippen molar-refractivity contribution in [2.24, 2.45) is 0 Å².